The monoisotopic (exact) mass is 251 g/mol. The molecule has 1 N–H and O–H groups in total. The SMILES string of the molecule is CC(C)n1ccnc1CN1CCC(CCCO)C1. The number of likely N-dealkylation sites (tertiary alicyclic amines) is 1. The molecule has 1 unspecified atom stereocenters. The topological polar surface area (TPSA) is 41.3 Å². The third-order valence-corrected chi connectivity index (χ3v) is 3.81. The average Bonchev–Trinajstić information content (AvgIpc) is 2.96. The number of aliphatic hydroxyl groups excluding tert-OH is 1. The van der Waals surface area contributed by atoms with E-state index in [0.717, 1.165) is 31.8 Å². The van der Waals surface area contributed by atoms with Gasteiger partial charge in [-0.15, -0.1) is 0 Å². The third kappa shape index (κ3) is 3.33. The van der Waals surface area contributed by atoms with Crippen LogP contribution in [0.25, 0.3) is 0 Å². The van der Waals surface area contributed by atoms with Crippen LogP contribution in [0.3, 0.4) is 0 Å². The summed E-state index contributed by atoms with van der Waals surface area (Å²) in [4.78, 5) is 6.96. The summed E-state index contributed by atoms with van der Waals surface area (Å²) in [7, 11) is 0. The molecule has 0 radical (unpaired) electrons. The molecule has 2 rings (SSSR count). The van der Waals surface area contributed by atoms with E-state index in [0.29, 0.717) is 12.6 Å². The summed E-state index contributed by atoms with van der Waals surface area (Å²) in [5.74, 6) is 1.94. The minimum Gasteiger partial charge on any atom is -0.396 e. The first kappa shape index (κ1) is 13.6. The van der Waals surface area contributed by atoms with Crippen LogP contribution < -0.4 is 0 Å². The molecule has 18 heavy (non-hydrogen) atoms. The number of imidazole rings is 1. The molecule has 1 aromatic heterocycles. The van der Waals surface area contributed by atoms with Crippen molar-refractivity contribution in [2.75, 3.05) is 19.7 Å². The number of aromatic nitrogens is 2. The van der Waals surface area contributed by atoms with E-state index >= 15 is 0 Å². The second-order valence-corrected chi connectivity index (χ2v) is 5.60. The molecular weight excluding hydrogens is 226 g/mol. The second kappa shape index (κ2) is 6.34. The molecule has 0 aliphatic carbocycles. The molecule has 0 aromatic carbocycles. The largest absolute Gasteiger partial charge is 0.396 e. The number of hydrogen-bond donors (Lipinski definition) is 1. The van der Waals surface area contributed by atoms with Crippen LogP contribution in [0.15, 0.2) is 12.4 Å². The van der Waals surface area contributed by atoms with Crippen LogP contribution >= 0.6 is 0 Å². The first-order valence-electron chi connectivity index (χ1n) is 7.05. The van der Waals surface area contributed by atoms with E-state index in [9.17, 15) is 0 Å². The van der Waals surface area contributed by atoms with Crippen molar-refractivity contribution < 1.29 is 5.11 Å². The summed E-state index contributed by atoms with van der Waals surface area (Å²) < 4.78 is 2.25. The van der Waals surface area contributed by atoms with Gasteiger partial charge >= 0.3 is 0 Å². The number of rotatable bonds is 6. The summed E-state index contributed by atoms with van der Waals surface area (Å²) in [5, 5.41) is 8.87. The van der Waals surface area contributed by atoms with E-state index in [1.54, 1.807) is 0 Å². The Morgan fingerprint density at radius 2 is 2.33 bits per heavy atom. The van der Waals surface area contributed by atoms with Crippen molar-refractivity contribution in [2.24, 2.45) is 5.92 Å². The normalized spacial score (nSPS) is 21.0. The zero-order chi connectivity index (χ0) is 13.0. The Hall–Kier alpha value is -0.870. The van der Waals surface area contributed by atoms with E-state index in [1.807, 2.05) is 6.20 Å². The van der Waals surface area contributed by atoms with Crippen molar-refractivity contribution in [3.8, 4) is 0 Å². The van der Waals surface area contributed by atoms with Crippen LogP contribution in [-0.2, 0) is 6.54 Å². The maximum absolute atomic E-state index is 8.87. The van der Waals surface area contributed by atoms with Crippen LogP contribution in [0.5, 0.6) is 0 Å². The summed E-state index contributed by atoms with van der Waals surface area (Å²) >= 11 is 0. The van der Waals surface area contributed by atoms with E-state index < -0.39 is 0 Å². The molecule has 1 saturated heterocycles. The molecule has 2 heterocycles. The predicted molar refractivity (Wildman–Crippen MR) is 72.3 cm³/mol. The second-order valence-electron chi connectivity index (χ2n) is 5.60. The van der Waals surface area contributed by atoms with Gasteiger partial charge in [0.2, 0.25) is 0 Å². The van der Waals surface area contributed by atoms with Gasteiger partial charge in [-0.1, -0.05) is 0 Å². The Morgan fingerprint density at radius 3 is 3.06 bits per heavy atom. The molecule has 0 amide bonds. The van der Waals surface area contributed by atoms with E-state index in [4.69, 9.17) is 5.11 Å². The van der Waals surface area contributed by atoms with Crippen molar-refractivity contribution in [2.45, 2.75) is 45.7 Å². The summed E-state index contributed by atoms with van der Waals surface area (Å²) in [6.07, 6.45) is 7.33. The highest BCUT2D eigenvalue weighted by Gasteiger charge is 2.23. The van der Waals surface area contributed by atoms with Crippen molar-refractivity contribution in [1.82, 2.24) is 14.5 Å². The molecular formula is C14H25N3O. The number of nitrogens with zero attached hydrogens (tertiary/aromatic N) is 3. The van der Waals surface area contributed by atoms with Gasteiger partial charge in [0.15, 0.2) is 0 Å². The Labute approximate surface area is 110 Å². The van der Waals surface area contributed by atoms with E-state index in [-0.39, 0.29) is 0 Å². The summed E-state index contributed by atoms with van der Waals surface area (Å²) in [6.45, 7) is 8.00. The lowest BCUT2D eigenvalue weighted by Gasteiger charge is -2.18. The van der Waals surface area contributed by atoms with Gasteiger partial charge in [0.25, 0.3) is 0 Å². The Bertz CT molecular complexity index is 362. The number of aliphatic hydroxyl groups is 1. The highest BCUT2D eigenvalue weighted by atomic mass is 16.2. The zero-order valence-corrected chi connectivity index (χ0v) is 11.5. The minimum absolute atomic E-state index is 0.328. The molecule has 4 heteroatoms. The highest BCUT2D eigenvalue weighted by Crippen LogP contribution is 2.22. The summed E-state index contributed by atoms with van der Waals surface area (Å²) in [6, 6.07) is 0.482. The van der Waals surface area contributed by atoms with E-state index in [1.165, 1.54) is 18.8 Å². The molecule has 1 fully saturated rings. The van der Waals surface area contributed by atoms with Gasteiger partial charge in [-0.05, 0) is 45.6 Å². The molecule has 102 valence electrons. The molecule has 1 aliphatic heterocycles. The van der Waals surface area contributed by atoms with Crippen molar-refractivity contribution >= 4 is 0 Å². The van der Waals surface area contributed by atoms with Crippen molar-refractivity contribution in [1.29, 1.82) is 0 Å². The average molecular weight is 251 g/mol. The molecule has 4 nitrogen and oxygen atoms in total. The van der Waals surface area contributed by atoms with Gasteiger partial charge in [0.05, 0.1) is 6.54 Å². The fourth-order valence-electron chi connectivity index (χ4n) is 2.81. The Balaban J connectivity index is 1.85. The maximum Gasteiger partial charge on any atom is 0.123 e. The molecule has 1 aromatic rings. The zero-order valence-electron chi connectivity index (χ0n) is 11.5. The standard InChI is InChI=1S/C14H25N3O/c1-12(2)17-8-6-15-14(17)11-16-7-5-13(10-16)4-3-9-18/h6,8,12-13,18H,3-5,7,9-11H2,1-2H3. The molecule has 0 saturated carbocycles. The molecule has 0 spiro atoms. The summed E-state index contributed by atoms with van der Waals surface area (Å²) in [5.41, 5.74) is 0. The lowest BCUT2D eigenvalue weighted by molar-refractivity contribution is 0.262. The van der Waals surface area contributed by atoms with Gasteiger partial charge < -0.3 is 9.67 Å². The number of hydrogen-bond acceptors (Lipinski definition) is 3. The maximum atomic E-state index is 8.87. The van der Waals surface area contributed by atoms with E-state index in [2.05, 4.69) is 34.5 Å². The first-order chi connectivity index (χ1) is 8.70. The van der Waals surface area contributed by atoms with Crippen molar-refractivity contribution in [3.63, 3.8) is 0 Å². The van der Waals surface area contributed by atoms with Gasteiger partial charge in [-0.3, -0.25) is 4.90 Å². The fraction of sp³-hybridized carbons (Fsp3) is 0.786. The molecule has 1 atom stereocenters. The van der Waals surface area contributed by atoms with Gasteiger partial charge in [0.1, 0.15) is 5.82 Å². The van der Waals surface area contributed by atoms with Crippen LogP contribution in [-0.4, -0.2) is 39.3 Å². The molecule has 0 bridgehead atoms. The third-order valence-electron chi connectivity index (χ3n) is 3.81. The smallest absolute Gasteiger partial charge is 0.123 e. The van der Waals surface area contributed by atoms with Crippen molar-refractivity contribution in [3.05, 3.63) is 18.2 Å². The fourth-order valence-corrected chi connectivity index (χ4v) is 2.81. The van der Waals surface area contributed by atoms with Crippen LogP contribution in [0.4, 0.5) is 0 Å². The highest BCUT2D eigenvalue weighted by molar-refractivity contribution is 4.95. The lowest BCUT2D eigenvalue weighted by Crippen LogP contribution is -2.23. The molecule has 1 aliphatic rings. The predicted octanol–water partition coefficient (Wildman–Crippen LogP) is 2.06. The van der Waals surface area contributed by atoms with Gasteiger partial charge in [-0.2, -0.15) is 0 Å². The Kier molecular flexibility index (Phi) is 4.78. The minimum atomic E-state index is 0.328. The van der Waals surface area contributed by atoms with Crippen LogP contribution in [0, 0.1) is 5.92 Å². The van der Waals surface area contributed by atoms with Gasteiger partial charge in [-0.25, -0.2) is 4.98 Å². The van der Waals surface area contributed by atoms with Crippen LogP contribution in [0.1, 0.15) is 45.0 Å². The quantitative estimate of drug-likeness (QED) is 0.841. The lowest BCUT2D eigenvalue weighted by atomic mass is 10.0. The van der Waals surface area contributed by atoms with Crippen LogP contribution in [0.2, 0.25) is 0 Å². The Morgan fingerprint density at radius 1 is 1.50 bits per heavy atom. The van der Waals surface area contributed by atoms with Gasteiger partial charge in [0, 0.05) is 31.6 Å². The first-order valence-corrected chi connectivity index (χ1v) is 7.05.